The van der Waals surface area contributed by atoms with Gasteiger partial charge in [0.15, 0.2) is 0 Å². The molecular weight excluding hydrogens is 224 g/mol. The lowest BCUT2D eigenvalue weighted by molar-refractivity contribution is -0.164. The first-order valence-electron chi connectivity index (χ1n) is 6.78. The summed E-state index contributed by atoms with van der Waals surface area (Å²) in [7, 11) is 0. The summed E-state index contributed by atoms with van der Waals surface area (Å²) in [5, 5.41) is 0. The van der Waals surface area contributed by atoms with E-state index in [-0.39, 0.29) is 16.8 Å². The maximum Gasteiger partial charge on any atom is 0.312 e. The summed E-state index contributed by atoms with van der Waals surface area (Å²) < 4.78 is 5.33. The summed E-state index contributed by atoms with van der Waals surface area (Å²) in [5.41, 5.74) is -0.462. The van der Waals surface area contributed by atoms with Crippen molar-refractivity contribution in [1.82, 2.24) is 0 Å². The van der Waals surface area contributed by atoms with Crippen molar-refractivity contribution in [2.45, 2.75) is 61.3 Å². The molecule has 0 radical (unpaired) electrons. The van der Waals surface area contributed by atoms with Gasteiger partial charge >= 0.3 is 5.97 Å². The Labute approximate surface area is 113 Å². The molecule has 1 unspecified atom stereocenters. The Bertz CT molecular complexity index is 297. The second kappa shape index (κ2) is 5.90. The van der Waals surface area contributed by atoms with E-state index in [2.05, 4.69) is 48.1 Å². The van der Waals surface area contributed by atoms with Crippen LogP contribution in [-0.4, -0.2) is 12.6 Å². The van der Waals surface area contributed by atoms with Crippen LogP contribution in [0.15, 0.2) is 12.7 Å². The van der Waals surface area contributed by atoms with Crippen molar-refractivity contribution in [2.24, 2.45) is 16.2 Å². The van der Waals surface area contributed by atoms with E-state index < -0.39 is 5.41 Å². The molecule has 1 atom stereocenters. The van der Waals surface area contributed by atoms with Gasteiger partial charge in [-0.1, -0.05) is 54.2 Å². The van der Waals surface area contributed by atoms with Crippen molar-refractivity contribution < 1.29 is 9.53 Å². The van der Waals surface area contributed by atoms with Crippen LogP contribution in [0.2, 0.25) is 0 Å². The third-order valence-electron chi connectivity index (χ3n) is 4.04. The zero-order valence-electron chi connectivity index (χ0n) is 13.2. The van der Waals surface area contributed by atoms with Gasteiger partial charge in [-0.3, -0.25) is 4.79 Å². The molecule has 18 heavy (non-hydrogen) atoms. The van der Waals surface area contributed by atoms with E-state index in [1.165, 1.54) is 0 Å². The number of hydrogen-bond acceptors (Lipinski definition) is 2. The van der Waals surface area contributed by atoms with Crippen molar-refractivity contribution >= 4 is 5.97 Å². The third kappa shape index (κ3) is 4.15. The average Bonchev–Trinajstić information content (AvgIpc) is 2.22. The van der Waals surface area contributed by atoms with Gasteiger partial charge in [-0.15, -0.1) is 0 Å². The lowest BCUT2D eigenvalue weighted by Crippen LogP contribution is -2.45. The number of rotatable bonds is 6. The standard InChI is InChI=1S/C16H30O2/c1-9-11-18-13(17)16(8,12-14(3,4)5)15(6,7)10-2/h9H,1,10-12H2,2-8H3. The predicted octanol–water partition coefficient (Wildman–Crippen LogP) is 4.59. The summed E-state index contributed by atoms with van der Waals surface area (Å²) in [4.78, 5) is 12.4. The monoisotopic (exact) mass is 254 g/mol. The molecule has 0 aromatic rings. The zero-order chi connectivity index (χ0) is 14.6. The highest BCUT2D eigenvalue weighted by atomic mass is 16.5. The number of hydrogen-bond donors (Lipinski definition) is 0. The maximum absolute atomic E-state index is 12.4. The van der Waals surface area contributed by atoms with Crippen LogP contribution in [0.25, 0.3) is 0 Å². The molecule has 0 N–H and O–H groups in total. The maximum atomic E-state index is 12.4. The Morgan fingerprint density at radius 1 is 1.17 bits per heavy atom. The first-order chi connectivity index (χ1) is 8.00. The van der Waals surface area contributed by atoms with Crippen LogP contribution in [-0.2, 0) is 9.53 Å². The minimum atomic E-state index is -0.469. The number of carbonyl (C=O) groups is 1. The summed E-state index contributed by atoms with van der Waals surface area (Å²) in [6, 6.07) is 0. The first kappa shape index (κ1) is 17.2. The van der Waals surface area contributed by atoms with Crippen LogP contribution in [0.1, 0.15) is 61.3 Å². The SMILES string of the molecule is C=CCOC(=O)C(C)(CC(C)(C)C)C(C)(C)CC. The molecule has 0 amide bonds. The molecule has 0 fully saturated rings. The van der Waals surface area contributed by atoms with E-state index >= 15 is 0 Å². The molecule has 0 heterocycles. The van der Waals surface area contributed by atoms with E-state index in [0.29, 0.717) is 6.61 Å². The van der Waals surface area contributed by atoms with Gasteiger partial charge in [-0.05, 0) is 30.6 Å². The number of ether oxygens (including phenoxy) is 1. The van der Waals surface area contributed by atoms with E-state index in [0.717, 1.165) is 12.8 Å². The molecule has 2 nitrogen and oxygen atoms in total. The van der Waals surface area contributed by atoms with Gasteiger partial charge in [0.25, 0.3) is 0 Å². The van der Waals surface area contributed by atoms with Gasteiger partial charge in [-0.25, -0.2) is 0 Å². The Balaban J connectivity index is 5.28. The average molecular weight is 254 g/mol. The fraction of sp³-hybridized carbons (Fsp3) is 0.812. The van der Waals surface area contributed by atoms with Gasteiger partial charge in [0.05, 0.1) is 5.41 Å². The molecule has 0 saturated carbocycles. The predicted molar refractivity (Wildman–Crippen MR) is 77.4 cm³/mol. The second-order valence-corrected chi connectivity index (χ2v) is 7.19. The lowest BCUT2D eigenvalue weighted by atomic mass is 9.59. The third-order valence-corrected chi connectivity index (χ3v) is 4.04. The quantitative estimate of drug-likeness (QED) is 0.511. The Morgan fingerprint density at radius 3 is 2.00 bits per heavy atom. The Kier molecular flexibility index (Phi) is 5.64. The smallest absolute Gasteiger partial charge is 0.312 e. The minimum absolute atomic E-state index is 0.0848. The minimum Gasteiger partial charge on any atom is -0.461 e. The van der Waals surface area contributed by atoms with E-state index in [1.54, 1.807) is 6.08 Å². The summed E-state index contributed by atoms with van der Waals surface area (Å²) in [5.74, 6) is -0.107. The highest BCUT2D eigenvalue weighted by Gasteiger charge is 2.49. The van der Waals surface area contributed by atoms with Gasteiger partial charge in [-0.2, -0.15) is 0 Å². The molecule has 0 rings (SSSR count). The van der Waals surface area contributed by atoms with Crippen LogP contribution in [0.3, 0.4) is 0 Å². The topological polar surface area (TPSA) is 26.3 Å². The van der Waals surface area contributed by atoms with Crippen LogP contribution in [0.4, 0.5) is 0 Å². The van der Waals surface area contributed by atoms with Crippen LogP contribution in [0.5, 0.6) is 0 Å². The molecular formula is C16H30O2. The second-order valence-electron chi connectivity index (χ2n) is 7.19. The van der Waals surface area contributed by atoms with E-state index in [9.17, 15) is 4.79 Å². The molecule has 0 aliphatic carbocycles. The summed E-state index contributed by atoms with van der Waals surface area (Å²) in [6.45, 7) is 18.8. The highest BCUT2D eigenvalue weighted by molar-refractivity contribution is 5.77. The fourth-order valence-corrected chi connectivity index (χ4v) is 2.33. The van der Waals surface area contributed by atoms with Crippen LogP contribution in [0, 0.1) is 16.2 Å². The molecule has 106 valence electrons. The molecule has 0 aromatic carbocycles. The van der Waals surface area contributed by atoms with Crippen molar-refractivity contribution in [3.05, 3.63) is 12.7 Å². The van der Waals surface area contributed by atoms with Crippen molar-refractivity contribution in [3.8, 4) is 0 Å². The fourth-order valence-electron chi connectivity index (χ4n) is 2.33. The molecule has 0 aliphatic rings. The van der Waals surface area contributed by atoms with E-state index in [1.807, 2.05) is 6.92 Å². The largest absolute Gasteiger partial charge is 0.461 e. The van der Waals surface area contributed by atoms with E-state index in [4.69, 9.17) is 4.74 Å². The summed E-state index contributed by atoms with van der Waals surface area (Å²) >= 11 is 0. The Hall–Kier alpha value is -0.790. The first-order valence-corrected chi connectivity index (χ1v) is 6.78. The van der Waals surface area contributed by atoms with Crippen LogP contribution >= 0.6 is 0 Å². The molecule has 0 saturated heterocycles. The molecule has 2 heteroatoms. The molecule has 0 aliphatic heterocycles. The van der Waals surface area contributed by atoms with Crippen molar-refractivity contribution in [2.75, 3.05) is 6.61 Å². The number of carbonyl (C=O) groups excluding carboxylic acids is 1. The number of esters is 1. The molecule has 0 aromatic heterocycles. The van der Waals surface area contributed by atoms with Gasteiger partial charge < -0.3 is 4.74 Å². The zero-order valence-corrected chi connectivity index (χ0v) is 13.2. The van der Waals surface area contributed by atoms with Gasteiger partial charge in [0.1, 0.15) is 6.61 Å². The van der Waals surface area contributed by atoms with Gasteiger partial charge in [0.2, 0.25) is 0 Å². The lowest BCUT2D eigenvalue weighted by Gasteiger charge is -2.45. The summed E-state index contributed by atoms with van der Waals surface area (Å²) in [6.07, 6.45) is 3.38. The Morgan fingerprint density at radius 2 is 1.67 bits per heavy atom. The van der Waals surface area contributed by atoms with Gasteiger partial charge in [0, 0.05) is 0 Å². The molecule has 0 spiro atoms. The van der Waals surface area contributed by atoms with Crippen molar-refractivity contribution in [1.29, 1.82) is 0 Å². The molecule has 0 bridgehead atoms. The normalized spacial score (nSPS) is 15.9. The van der Waals surface area contributed by atoms with Crippen LogP contribution < -0.4 is 0 Å². The van der Waals surface area contributed by atoms with Crippen molar-refractivity contribution in [3.63, 3.8) is 0 Å². The highest BCUT2D eigenvalue weighted by Crippen LogP contribution is 2.49.